The molecule has 2 nitrogen and oxygen atoms in total. The Balaban J connectivity index is 1.67. The van der Waals surface area contributed by atoms with Gasteiger partial charge in [-0.25, -0.2) is 4.39 Å². The zero-order valence-corrected chi connectivity index (χ0v) is 12.1. The molecule has 2 aliphatic rings. The normalized spacial score (nSPS) is 35.5. The van der Waals surface area contributed by atoms with Gasteiger partial charge in [0.25, 0.3) is 0 Å². The predicted octanol–water partition coefficient (Wildman–Crippen LogP) is 3.85. The summed E-state index contributed by atoms with van der Waals surface area (Å²) in [6.07, 6.45) is 2.23. The summed E-state index contributed by atoms with van der Waals surface area (Å²) in [6.45, 7) is 8.50. The zero-order valence-electron chi connectivity index (χ0n) is 12.1. The Morgan fingerprint density at radius 2 is 2.20 bits per heavy atom. The lowest BCUT2D eigenvalue weighted by Crippen LogP contribution is -2.38. The molecule has 0 radical (unpaired) electrons. The smallest absolute Gasteiger partial charge is 0.128 e. The number of ether oxygens (including phenoxy) is 2. The van der Waals surface area contributed by atoms with E-state index in [2.05, 4.69) is 20.4 Å². The fraction of sp³-hybridized carbons (Fsp3) is 0.529. The van der Waals surface area contributed by atoms with E-state index < -0.39 is 0 Å². The molecule has 0 spiro atoms. The second-order valence-electron chi connectivity index (χ2n) is 6.20. The maximum Gasteiger partial charge on any atom is 0.128 e. The molecular weight excluding hydrogens is 255 g/mol. The summed E-state index contributed by atoms with van der Waals surface area (Å²) in [6, 6.07) is 6.76. The second kappa shape index (κ2) is 4.97. The lowest BCUT2D eigenvalue weighted by molar-refractivity contribution is -0.0246. The van der Waals surface area contributed by atoms with Crippen molar-refractivity contribution in [2.75, 3.05) is 0 Å². The van der Waals surface area contributed by atoms with E-state index in [1.54, 1.807) is 12.1 Å². The molecule has 1 aliphatic heterocycles. The molecule has 2 fully saturated rings. The van der Waals surface area contributed by atoms with Crippen LogP contribution in [0.1, 0.15) is 32.3 Å². The standard InChI is InChI=1S/C17H21FO2/c1-11(2)13-8-15(17(3)16(9-13)20-17)19-10-12-6-4-5-7-14(12)18/h4-7,13,15-16H,1,8-10H2,2-3H3/t13-,15+,16-,17+/m0/s1. The van der Waals surface area contributed by atoms with Crippen LogP contribution in [-0.4, -0.2) is 17.8 Å². The summed E-state index contributed by atoms with van der Waals surface area (Å²) in [5.74, 6) is 0.236. The van der Waals surface area contributed by atoms with Crippen molar-refractivity contribution in [1.82, 2.24) is 0 Å². The van der Waals surface area contributed by atoms with Crippen LogP contribution in [0.3, 0.4) is 0 Å². The molecule has 108 valence electrons. The summed E-state index contributed by atoms with van der Waals surface area (Å²) >= 11 is 0. The first-order valence-corrected chi connectivity index (χ1v) is 7.19. The third kappa shape index (κ3) is 2.40. The summed E-state index contributed by atoms with van der Waals surface area (Å²) in [5, 5.41) is 0. The van der Waals surface area contributed by atoms with Gasteiger partial charge in [-0.2, -0.15) is 0 Å². The molecule has 0 N–H and O–H groups in total. The van der Waals surface area contributed by atoms with E-state index in [1.165, 1.54) is 11.6 Å². The van der Waals surface area contributed by atoms with Crippen molar-refractivity contribution in [3.63, 3.8) is 0 Å². The third-order valence-electron chi connectivity index (χ3n) is 4.71. The van der Waals surface area contributed by atoms with Gasteiger partial charge in [-0.1, -0.05) is 30.4 Å². The monoisotopic (exact) mass is 276 g/mol. The fourth-order valence-corrected chi connectivity index (χ4v) is 3.13. The number of hydrogen-bond acceptors (Lipinski definition) is 2. The molecule has 1 aromatic rings. The van der Waals surface area contributed by atoms with Gasteiger partial charge < -0.3 is 9.47 Å². The number of hydrogen-bond donors (Lipinski definition) is 0. The van der Waals surface area contributed by atoms with Gasteiger partial charge in [-0.15, -0.1) is 0 Å². The Labute approximate surface area is 119 Å². The lowest BCUT2D eigenvalue weighted by Gasteiger charge is -2.31. The maximum absolute atomic E-state index is 13.6. The highest BCUT2D eigenvalue weighted by Crippen LogP contribution is 2.52. The summed E-state index contributed by atoms with van der Waals surface area (Å²) in [4.78, 5) is 0. The third-order valence-corrected chi connectivity index (χ3v) is 4.71. The van der Waals surface area contributed by atoms with E-state index in [1.807, 2.05) is 6.07 Å². The van der Waals surface area contributed by atoms with Gasteiger partial charge >= 0.3 is 0 Å². The van der Waals surface area contributed by atoms with E-state index in [0.29, 0.717) is 18.1 Å². The van der Waals surface area contributed by atoms with Crippen LogP contribution in [0.25, 0.3) is 0 Å². The molecule has 20 heavy (non-hydrogen) atoms. The highest BCUT2D eigenvalue weighted by Gasteiger charge is 2.61. The van der Waals surface area contributed by atoms with Crippen LogP contribution in [0.4, 0.5) is 4.39 Å². The largest absolute Gasteiger partial charge is 0.370 e. The van der Waals surface area contributed by atoms with Crippen molar-refractivity contribution >= 4 is 0 Å². The molecule has 0 bridgehead atoms. The second-order valence-corrected chi connectivity index (χ2v) is 6.20. The molecule has 1 aliphatic carbocycles. The molecule has 4 atom stereocenters. The number of benzene rings is 1. The maximum atomic E-state index is 13.6. The van der Waals surface area contributed by atoms with Crippen molar-refractivity contribution in [3.8, 4) is 0 Å². The van der Waals surface area contributed by atoms with Crippen molar-refractivity contribution in [2.24, 2.45) is 5.92 Å². The van der Waals surface area contributed by atoms with E-state index in [4.69, 9.17) is 9.47 Å². The molecule has 1 saturated carbocycles. The van der Waals surface area contributed by atoms with Crippen LogP contribution < -0.4 is 0 Å². The highest BCUT2D eigenvalue weighted by atomic mass is 19.1. The quantitative estimate of drug-likeness (QED) is 0.615. The van der Waals surface area contributed by atoms with Gasteiger partial charge in [0.2, 0.25) is 0 Å². The molecule has 1 aromatic carbocycles. The first-order valence-electron chi connectivity index (χ1n) is 7.19. The Morgan fingerprint density at radius 3 is 2.90 bits per heavy atom. The van der Waals surface area contributed by atoms with E-state index in [-0.39, 0.29) is 23.6 Å². The minimum atomic E-state index is -0.210. The predicted molar refractivity (Wildman–Crippen MR) is 75.8 cm³/mol. The number of fused-ring (bicyclic) bond motifs is 1. The SMILES string of the molecule is C=C(C)[C@@H]1C[C@@H]2O[C@]2(C)[C@H](OCc2ccccc2F)C1. The Kier molecular flexibility index (Phi) is 3.43. The van der Waals surface area contributed by atoms with Crippen LogP contribution in [0, 0.1) is 11.7 Å². The fourth-order valence-electron chi connectivity index (χ4n) is 3.13. The molecule has 1 heterocycles. The average Bonchev–Trinajstić information content (AvgIpc) is 3.08. The van der Waals surface area contributed by atoms with Crippen molar-refractivity contribution < 1.29 is 13.9 Å². The molecular formula is C17H21FO2. The molecule has 0 aromatic heterocycles. The molecule has 1 saturated heterocycles. The van der Waals surface area contributed by atoms with Gasteiger partial charge in [0, 0.05) is 5.56 Å². The average molecular weight is 276 g/mol. The van der Waals surface area contributed by atoms with Gasteiger partial charge in [-0.3, -0.25) is 0 Å². The van der Waals surface area contributed by atoms with Crippen molar-refractivity contribution in [1.29, 1.82) is 0 Å². The highest BCUT2D eigenvalue weighted by molar-refractivity contribution is 5.18. The van der Waals surface area contributed by atoms with E-state index in [0.717, 1.165) is 12.8 Å². The van der Waals surface area contributed by atoms with Gasteiger partial charge in [0.1, 0.15) is 11.4 Å². The molecule has 0 unspecified atom stereocenters. The molecule has 3 rings (SSSR count). The minimum absolute atomic E-state index is 0.0163. The first kappa shape index (κ1) is 13.8. The van der Waals surface area contributed by atoms with Crippen LogP contribution in [0.15, 0.2) is 36.4 Å². The van der Waals surface area contributed by atoms with Crippen molar-refractivity contribution in [2.45, 2.75) is 51.1 Å². The minimum Gasteiger partial charge on any atom is -0.370 e. The van der Waals surface area contributed by atoms with Gasteiger partial charge in [-0.05, 0) is 38.7 Å². The van der Waals surface area contributed by atoms with E-state index >= 15 is 0 Å². The Morgan fingerprint density at radius 1 is 1.45 bits per heavy atom. The van der Waals surface area contributed by atoms with E-state index in [9.17, 15) is 4.39 Å². The lowest BCUT2D eigenvalue weighted by atomic mass is 9.78. The topological polar surface area (TPSA) is 21.8 Å². The summed E-state index contributed by atoms with van der Waals surface area (Å²) < 4.78 is 25.4. The molecule has 3 heteroatoms. The number of rotatable bonds is 4. The number of allylic oxidation sites excluding steroid dienone is 1. The number of halogens is 1. The summed E-state index contributed by atoms with van der Waals surface area (Å²) in [5.41, 5.74) is 1.60. The zero-order chi connectivity index (χ0) is 14.3. The van der Waals surface area contributed by atoms with Crippen LogP contribution in [0.2, 0.25) is 0 Å². The first-order chi connectivity index (χ1) is 9.50. The van der Waals surface area contributed by atoms with Crippen LogP contribution in [0.5, 0.6) is 0 Å². The number of epoxide rings is 1. The van der Waals surface area contributed by atoms with Crippen LogP contribution >= 0.6 is 0 Å². The van der Waals surface area contributed by atoms with Crippen molar-refractivity contribution in [3.05, 3.63) is 47.8 Å². The Bertz CT molecular complexity index is 527. The Hall–Kier alpha value is -1.19. The van der Waals surface area contributed by atoms with Gasteiger partial charge in [0.15, 0.2) is 0 Å². The van der Waals surface area contributed by atoms with Crippen LogP contribution in [-0.2, 0) is 16.1 Å². The summed E-state index contributed by atoms with van der Waals surface area (Å²) in [7, 11) is 0. The molecule has 0 amide bonds. The van der Waals surface area contributed by atoms with Gasteiger partial charge in [0.05, 0.1) is 18.8 Å².